The quantitative estimate of drug-likeness (QED) is 0.206. The van der Waals surface area contributed by atoms with E-state index in [-0.39, 0.29) is 19.8 Å². The van der Waals surface area contributed by atoms with Crippen LogP contribution in [0.2, 0.25) is 0 Å². The van der Waals surface area contributed by atoms with Crippen LogP contribution in [0.1, 0.15) is 90.9 Å². The molecule has 0 rings (SSSR count). The maximum atomic E-state index is 10.0. The number of aliphatic hydroxyl groups excluding tert-OH is 3. The minimum atomic E-state index is -0.670. The Morgan fingerprint density at radius 2 is 0.867 bits per heavy atom. The van der Waals surface area contributed by atoms with Crippen LogP contribution in [0.3, 0.4) is 0 Å². The predicted molar refractivity (Wildman–Crippen MR) is 120 cm³/mol. The molecule has 0 aromatic heterocycles. The largest absolute Gasteiger partial charge is 0.481 e. The van der Waals surface area contributed by atoms with Crippen LogP contribution in [-0.4, -0.2) is 81.8 Å². The number of carbonyl (C=O) groups is 2. The second-order valence-corrected chi connectivity index (χ2v) is 7.13. The fourth-order valence-electron chi connectivity index (χ4n) is 2.52. The summed E-state index contributed by atoms with van der Waals surface area (Å²) < 4.78 is 0. The number of unbranched alkanes of at least 4 members (excludes halogenated alkanes) is 8. The van der Waals surface area contributed by atoms with Crippen molar-refractivity contribution in [1.29, 1.82) is 0 Å². The Balaban J connectivity index is -0.000000364. The number of nitrogens with zero attached hydrogens (tertiary/aromatic N) is 1. The average Bonchev–Trinajstić information content (AvgIpc) is 2.69. The van der Waals surface area contributed by atoms with Crippen molar-refractivity contribution in [3.8, 4) is 0 Å². The molecule has 0 aromatic rings. The van der Waals surface area contributed by atoms with Crippen LogP contribution >= 0.6 is 0 Å². The van der Waals surface area contributed by atoms with Crippen LogP contribution in [0.25, 0.3) is 0 Å². The van der Waals surface area contributed by atoms with Gasteiger partial charge in [-0.1, -0.05) is 65.2 Å². The molecule has 8 nitrogen and oxygen atoms in total. The summed E-state index contributed by atoms with van der Waals surface area (Å²) in [5.74, 6) is -1.34. The van der Waals surface area contributed by atoms with Crippen molar-refractivity contribution in [3.05, 3.63) is 0 Å². The summed E-state index contributed by atoms with van der Waals surface area (Å²) in [6.07, 6.45) is 11.8. The normalized spacial score (nSPS) is 10.1. The van der Waals surface area contributed by atoms with Gasteiger partial charge in [-0.15, -0.1) is 0 Å². The minimum Gasteiger partial charge on any atom is -0.481 e. The topological polar surface area (TPSA) is 139 Å². The molecule has 0 aromatic carbocycles. The minimum absolute atomic E-state index is 0.0694. The first kappa shape index (κ1) is 33.4. The van der Waals surface area contributed by atoms with E-state index in [0.29, 0.717) is 32.5 Å². The summed E-state index contributed by atoms with van der Waals surface area (Å²) in [6, 6.07) is 0. The summed E-state index contributed by atoms with van der Waals surface area (Å²) in [5, 5.41) is 42.0. The number of hydrogen-bond donors (Lipinski definition) is 5. The van der Waals surface area contributed by atoms with E-state index in [4.69, 9.17) is 25.5 Å². The molecule has 0 amide bonds. The lowest BCUT2D eigenvalue weighted by molar-refractivity contribution is -0.138. The molecule has 0 aliphatic rings. The van der Waals surface area contributed by atoms with Gasteiger partial charge in [-0.05, 0) is 12.8 Å². The number of carboxylic acid groups (broad SMARTS) is 2. The Morgan fingerprint density at radius 3 is 1.10 bits per heavy atom. The fraction of sp³-hybridized carbons (Fsp3) is 0.909. The zero-order valence-corrected chi connectivity index (χ0v) is 19.2. The number of aliphatic hydroxyl groups is 3. The highest BCUT2D eigenvalue weighted by Crippen LogP contribution is 2.04. The Kier molecular flexibility index (Phi) is 33.4. The van der Waals surface area contributed by atoms with Crippen LogP contribution in [-0.2, 0) is 9.59 Å². The molecule has 182 valence electrons. The SMILES string of the molecule is CCCCCCCC(=O)O.CCCCCCCC(=O)O.OCCN(CCO)CCO. The van der Waals surface area contributed by atoms with Gasteiger partial charge in [-0.25, -0.2) is 0 Å². The third kappa shape index (κ3) is 37.5. The molecule has 0 saturated carbocycles. The van der Waals surface area contributed by atoms with E-state index in [0.717, 1.165) is 25.7 Å². The lowest BCUT2D eigenvalue weighted by atomic mass is 10.1. The van der Waals surface area contributed by atoms with E-state index in [9.17, 15) is 9.59 Å². The highest BCUT2D eigenvalue weighted by atomic mass is 16.4. The lowest BCUT2D eigenvalue weighted by Crippen LogP contribution is -2.32. The Labute approximate surface area is 182 Å². The van der Waals surface area contributed by atoms with Crippen LogP contribution in [0.5, 0.6) is 0 Å². The van der Waals surface area contributed by atoms with Crippen molar-refractivity contribution in [2.75, 3.05) is 39.5 Å². The summed E-state index contributed by atoms with van der Waals surface area (Å²) in [6.45, 7) is 6.05. The summed E-state index contributed by atoms with van der Waals surface area (Å²) >= 11 is 0. The van der Waals surface area contributed by atoms with Gasteiger partial charge in [0.15, 0.2) is 0 Å². The average molecular weight is 438 g/mol. The van der Waals surface area contributed by atoms with Gasteiger partial charge in [-0.3, -0.25) is 14.5 Å². The van der Waals surface area contributed by atoms with Gasteiger partial charge in [0.2, 0.25) is 0 Å². The number of carboxylic acids is 2. The molecule has 30 heavy (non-hydrogen) atoms. The highest BCUT2D eigenvalue weighted by Gasteiger charge is 2.00. The molecule has 0 saturated heterocycles. The Morgan fingerprint density at radius 1 is 0.567 bits per heavy atom. The molecule has 0 radical (unpaired) electrons. The second kappa shape index (κ2) is 30.0. The van der Waals surface area contributed by atoms with E-state index in [1.807, 2.05) is 0 Å². The molecule has 0 spiro atoms. The molecular weight excluding hydrogens is 390 g/mol. The van der Waals surface area contributed by atoms with Crippen LogP contribution in [0.4, 0.5) is 0 Å². The van der Waals surface area contributed by atoms with Crippen molar-refractivity contribution in [1.82, 2.24) is 4.90 Å². The fourth-order valence-corrected chi connectivity index (χ4v) is 2.52. The van der Waals surface area contributed by atoms with Crippen LogP contribution in [0.15, 0.2) is 0 Å². The molecule has 0 fully saturated rings. The van der Waals surface area contributed by atoms with Crippen LogP contribution in [0, 0.1) is 0 Å². The van der Waals surface area contributed by atoms with E-state index in [1.54, 1.807) is 4.90 Å². The maximum absolute atomic E-state index is 10.0. The summed E-state index contributed by atoms with van der Waals surface area (Å²) in [5.41, 5.74) is 0. The van der Waals surface area contributed by atoms with E-state index < -0.39 is 11.9 Å². The summed E-state index contributed by atoms with van der Waals surface area (Å²) in [4.78, 5) is 21.9. The molecule has 0 atom stereocenters. The third-order valence-corrected chi connectivity index (χ3v) is 4.24. The zero-order chi connectivity index (χ0) is 23.5. The van der Waals surface area contributed by atoms with Gasteiger partial charge in [0, 0.05) is 32.5 Å². The standard InChI is InChI=1S/2C8H16O2.C6H15NO3/c2*1-2-3-4-5-6-7-8(9)10;8-4-1-7(2-5-9)3-6-10/h2*2-7H2,1H3,(H,9,10);8-10H,1-6H2. The van der Waals surface area contributed by atoms with Gasteiger partial charge < -0.3 is 25.5 Å². The van der Waals surface area contributed by atoms with Gasteiger partial charge >= 0.3 is 11.9 Å². The monoisotopic (exact) mass is 437 g/mol. The molecule has 0 heterocycles. The smallest absolute Gasteiger partial charge is 0.303 e. The van der Waals surface area contributed by atoms with Gasteiger partial charge in [0.1, 0.15) is 0 Å². The number of aliphatic carboxylic acids is 2. The van der Waals surface area contributed by atoms with Crippen molar-refractivity contribution in [2.45, 2.75) is 90.9 Å². The molecular formula is C22H47NO7. The van der Waals surface area contributed by atoms with Crippen molar-refractivity contribution < 1.29 is 35.1 Å². The summed E-state index contributed by atoms with van der Waals surface area (Å²) in [7, 11) is 0. The molecule has 0 bridgehead atoms. The second-order valence-electron chi connectivity index (χ2n) is 7.13. The molecule has 5 N–H and O–H groups in total. The third-order valence-electron chi connectivity index (χ3n) is 4.24. The molecule has 8 heteroatoms. The lowest BCUT2D eigenvalue weighted by Gasteiger charge is -2.17. The van der Waals surface area contributed by atoms with Gasteiger partial charge in [-0.2, -0.15) is 0 Å². The number of rotatable bonds is 18. The van der Waals surface area contributed by atoms with E-state index >= 15 is 0 Å². The first-order valence-corrected chi connectivity index (χ1v) is 11.4. The van der Waals surface area contributed by atoms with Crippen molar-refractivity contribution in [2.24, 2.45) is 0 Å². The van der Waals surface area contributed by atoms with Gasteiger partial charge in [0.25, 0.3) is 0 Å². The van der Waals surface area contributed by atoms with Crippen LogP contribution < -0.4 is 0 Å². The first-order chi connectivity index (χ1) is 14.4. The Bertz CT molecular complexity index is 316. The van der Waals surface area contributed by atoms with E-state index in [1.165, 1.54) is 38.5 Å². The van der Waals surface area contributed by atoms with Crippen molar-refractivity contribution >= 4 is 11.9 Å². The molecule has 0 aliphatic heterocycles. The predicted octanol–water partition coefficient (Wildman–Crippen LogP) is 3.13. The van der Waals surface area contributed by atoms with Crippen molar-refractivity contribution in [3.63, 3.8) is 0 Å². The Hall–Kier alpha value is -1.22. The molecule has 0 unspecified atom stereocenters. The highest BCUT2D eigenvalue weighted by molar-refractivity contribution is 5.66. The van der Waals surface area contributed by atoms with Gasteiger partial charge in [0.05, 0.1) is 19.8 Å². The first-order valence-electron chi connectivity index (χ1n) is 11.4. The van der Waals surface area contributed by atoms with E-state index in [2.05, 4.69) is 13.8 Å². The zero-order valence-electron chi connectivity index (χ0n) is 19.2. The maximum Gasteiger partial charge on any atom is 0.303 e. The molecule has 0 aliphatic carbocycles. The number of hydrogen-bond acceptors (Lipinski definition) is 6.